The van der Waals surface area contributed by atoms with Crippen LogP contribution in [0.15, 0.2) is 42.5 Å². The molecule has 1 heterocycles. The summed E-state index contributed by atoms with van der Waals surface area (Å²) in [7, 11) is -0.515. The van der Waals surface area contributed by atoms with Crippen molar-refractivity contribution in [1.29, 1.82) is 0 Å². The Labute approximate surface area is 150 Å². The minimum absolute atomic E-state index is 0.195. The SMILES string of the molecule is COC(=O)Cc1c([Si](C)(C)c2ccccc2)[nH]c2c(C)cc(C)cc12. The number of aromatic amines is 1. The largest absolute Gasteiger partial charge is 0.469 e. The Morgan fingerprint density at radius 2 is 1.80 bits per heavy atom. The lowest BCUT2D eigenvalue weighted by Crippen LogP contribution is -2.55. The van der Waals surface area contributed by atoms with Crippen LogP contribution in [-0.4, -0.2) is 26.1 Å². The molecule has 0 bridgehead atoms. The standard InChI is InChI=1S/C21H25NO2Si/c1-14-11-15(2)20-17(12-14)18(13-19(23)24-3)21(22-20)25(4,5)16-9-7-6-8-10-16/h6-12,22H,13H2,1-5H3. The maximum Gasteiger partial charge on any atom is 0.310 e. The molecule has 0 aliphatic heterocycles. The van der Waals surface area contributed by atoms with Crippen LogP contribution >= 0.6 is 0 Å². The molecule has 25 heavy (non-hydrogen) atoms. The van der Waals surface area contributed by atoms with Crippen LogP contribution in [0.2, 0.25) is 13.1 Å². The molecule has 0 aliphatic carbocycles. The molecule has 0 aliphatic rings. The van der Waals surface area contributed by atoms with Gasteiger partial charge in [-0.3, -0.25) is 4.79 Å². The molecule has 130 valence electrons. The van der Waals surface area contributed by atoms with Gasteiger partial charge in [0, 0.05) is 16.2 Å². The maximum absolute atomic E-state index is 12.1. The van der Waals surface area contributed by atoms with Crippen molar-refractivity contribution >= 4 is 35.5 Å². The van der Waals surface area contributed by atoms with E-state index in [-0.39, 0.29) is 5.97 Å². The van der Waals surface area contributed by atoms with Gasteiger partial charge in [0.1, 0.15) is 8.07 Å². The number of fused-ring (bicyclic) bond motifs is 1. The Balaban J connectivity index is 2.28. The predicted octanol–water partition coefficient (Wildman–Crippen LogP) is 3.32. The third kappa shape index (κ3) is 3.14. The molecular formula is C21H25NO2Si. The van der Waals surface area contributed by atoms with Crippen LogP contribution in [0.5, 0.6) is 0 Å². The van der Waals surface area contributed by atoms with Crippen molar-refractivity contribution in [1.82, 2.24) is 4.98 Å². The summed E-state index contributed by atoms with van der Waals surface area (Å²) in [5.74, 6) is -0.195. The number of aryl methyl sites for hydroxylation is 2. The summed E-state index contributed by atoms with van der Waals surface area (Å²) in [5.41, 5.74) is 4.65. The monoisotopic (exact) mass is 351 g/mol. The Kier molecular flexibility index (Phi) is 4.56. The number of benzene rings is 2. The molecule has 0 atom stereocenters. The highest BCUT2D eigenvalue weighted by molar-refractivity contribution is 7.00. The lowest BCUT2D eigenvalue weighted by molar-refractivity contribution is -0.139. The van der Waals surface area contributed by atoms with E-state index >= 15 is 0 Å². The molecule has 4 heteroatoms. The van der Waals surface area contributed by atoms with Gasteiger partial charge in [-0.15, -0.1) is 0 Å². The van der Waals surface area contributed by atoms with Crippen molar-refractivity contribution < 1.29 is 9.53 Å². The number of rotatable bonds is 4. The zero-order chi connectivity index (χ0) is 18.2. The highest BCUT2D eigenvalue weighted by atomic mass is 28.3. The van der Waals surface area contributed by atoms with E-state index in [0.717, 1.165) is 16.5 Å². The Hall–Kier alpha value is -2.33. The van der Waals surface area contributed by atoms with E-state index in [9.17, 15) is 4.79 Å². The third-order valence-corrected chi connectivity index (χ3v) is 8.48. The number of hydrogen-bond donors (Lipinski definition) is 1. The Morgan fingerprint density at radius 1 is 1.12 bits per heavy atom. The highest BCUT2D eigenvalue weighted by Gasteiger charge is 2.32. The molecule has 0 fully saturated rings. The van der Waals surface area contributed by atoms with Gasteiger partial charge in [0.25, 0.3) is 0 Å². The van der Waals surface area contributed by atoms with Gasteiger partial charge in [-0.2, -0.15) is 0 Å². The van der Waals surface area contributed by atoms with Gasteiger partial charge in [-0.25, -0.2) is 0 Å². The zero-order valence-corrected chi connectivity index (χ0v) is 16.6. The predicted molar refractivity (Wildman–Crippen MR) is 107 cm³/mol. The van der Waals surface area contributed by atoms with Gasteiger partial charge in [-0.1, -0.05) is 60.2 Å². The number of nitrogens with one attached hydrogen (secondary N) is 1. The summed E-state index contributed by atoms with van der Waals surface area (Å²) in [6.07, 6.45) is 0.304. The van der Waals surface area contributed by atoms with Gasteiger partial charge >= 0.3 is 5.97 Å². The number of esters is 1. The average molecular weight is 352 g/mol. The van der Waals surface area contributed by atoms with Gasteiger partial charge in [0.15, 0.2) is 0 Å². The molecule has 0 saturated heterocycles. The van der Waals surface area contributed by atoms with E-state index in [1.807, 2.05) is 6.07 Å². The summed E-state index contributed by atoms with van der Waals surface area (Å²) in [5, 5.41) is 3.71. The topological polar surface area (TPSA) is 42.1 Å². The van der Waals surface area contributed by atoms with E-state index < -0.39 is 8.07 Å². The first-order valence-corrected chi connectivity index (χ1v) is 11.6. The highest BCUT2D eigenvalue weighted by Crippen LogP contribution is 2.25. The Morgan fingerprint density at radius 3 is 2.44 bits per heavy atom. The first-order valence-electron chi connectivity index (χ1n) is 8.59. The summed E-state index contributed by atoms with van der Waals surface area (Å²) < 4.78 is 4.97. The van der Waals surface area contributed by atoms with Crippen molar-refractivity contribution in [2.24, 2.45) is 0 Å². The molecular weight excluding hydrogens is 326 g/mol. The minimum atomic E-state index is -1.97. The molecule has 0 unspecified atom stereocenters. The fraction of sp³-hybridized carbons (Fsp3) is 0.286. The van der Waals surface area contributed by atoms with Crippen molar-refractivity contribution in [3.8, 4) is 0 Å². The molecule has 3 rings (SSSR count). The molecule has 3 aromatic rings. The number of ether oxygens (including phenoxy) is 1. The summed E-state index contributed by atoms with van der Waals surface area (Å²) >= 11 is 0. The second-order valence-electron chi connectivity index (χ2n) is 7.23. The molecule has 0 spiro atoms. The van der Waals surface area contributed by atoms with Crippen LogP contribution in [0.3, 0.4) is 0 Å². The van der Waals surface area contributed by atoms with Crippen molar-refractivity contribution in [3.63, 3.8) is 0 Å². The number of H-pyrrole nitrogens is 1. The minimum Gasteiger partial charge on any atom is -0.469 e. The number of carbonyl (C=O) groups is 1. The Bertz CT molecular complexity index is 926. The van der Waals surface area contributed by atoms with E-state index in [1.54, 1.807) is 0 Å². The summed E-state index contributed by atoms with van der Waals surface area (Å²) in [4.78, 5) is 15.8. The quantitative estimate of drug-likeness (QED) is 0.579. The van der Waals surface area contributed by atoms with E-state index in [4.69, 9.17) is 4.74 Å². The van der Waals surface area contributed by atoms with Crippen molar-refractivity contribution in [2.75, 3.05) is 7.11 Å². The van der Waals surface area contributed by atoms with Crippen LogP contribution in [0, 0.1) is 13.8 Å². The molecule has 0 amide bonds. The first kappa shape index (κ1) is 17.5. The number of hydrogen-bond acceptors (Lipinski definition) is 2. The van der Waals surface area contributed by atoms with Gasteiger partial charge in [-0.05, 0) is 31.0 Å². The lowest BCUT2D eigenvalue weighted by atomic mass is 10.0. The van der Waals surface area contributed by atoms with Crippen LogP contribution in [0.25, 0.3) is 10.9 Å². The molecule has 2 aromatic carbocycles. The van der Waals surface area contributed by atoms with Crippen LogP contribution in [0.1, 0.15) is 16.7 Å². The van der Waals surface area contributed by atoms with E-state index in [0.29, 0.717) is 6.42 Å². The molecule has 0 radical (unpaired) electrons. The number of aromatic nitrogens is 1. The smallest absolute Gasteiger partial charge is 0.310 e. The van der Waals surface area contributed by atoms with E-state index in [2.05, 4.69) is 68.3 Å². The van der Waals surface area contributed by atoms with Crippen LogP contribution in [0.4, 0.5) is 0 Å². The van der Waals surface area contributed by atoms with Gasteiger partial charge in [0.2, 0.25) is 0 Å². The lowest BCUT2D eigenvalue weighted by Gasteiger charge is -2.23. The normalized spacial score (nSPS) is 11.7. The summed E-state index contributed by atoms with van der Waals surface area (Å²) in [6, 6.07) is 15.0. The average Bonchev–Trinajstić information content (AvgIpc) is 2.95. The third-order valence-electron chi connectivity index (χ3n) is 5.03. The number of methoxy groups -OCH3 is 1. The fourth-order valence-electron chi connectivity index (χ4n) is 3.64. The van der Waals surface area contributed by atoms with Crippen LogP contribution < -0.4 is 10.5 Å². The number of carbonyl (C=O) groups excluding carboxylic acids is 1. The second kappa shape index (κ2) is 6.52. The van der Waals surface area contributed by atoms with Gasteiger partial charge < -0.3 is 9.72 Å². The molecule has 0 saturated carbocycles. The fourth-order valence-corrected chi connectivity index (χ4v) is 6.37. The molecule has 3 nitrogen and oxygen atoms in total. The van der Waals surface area contributed by atoms with E-state index in [1.165, 1.54) is 28.7 Å². The van der Waals surface area contributed by atoms with Crippen LogP contribution in [-0.2, 0) is 16.0 Å². The van der Waals surface area contributed by atoms with Crippen molar-refractivity contribution in [3.05, 3.63) is 59.2 Å². The zero-order valence-electron chi connectivity index (χ0n) is 15.6. The van der Waals surface area contributed by atoms with Crippen molar-refractivity contribution in [2.45, 2.75) is 33.4 Å². The molecule has 1 N–H and O–H groups in total. The summed E-state index contributed by atoms with van der Waals surface area (Å²) in [6.45, 7) is 8.88. The second-order valence-corrected chi connectivity index (χ2v) is 11.6. The molecule has 1 aromatic heterocycles. The van der Waals surface area contributed by atoms with Gasteiger partial charge in [0.05, 0.1) is 13.5 Å². The first-order chi connectivity index (χ1) is 11.8. The maximum atomic E-state index is 12.1.